The van der Waals surface area contributed by atoms with E-state index in [-0.39, 0.29) is 12.5 Å². The molecule has 5 N–H and O–H groups in total. The summed E-state index contributed by atoms with van der Waals surface area (Å²) < 4.78 is 11.6. The monoisotopic (exact) mass is 561 g/mol. The molecule has 8 heteroatoms. The molecule has 0 spiro atoms. The first-order valence-electron chi connectivity index (χ1n) is 14.4. The zero-order valence-corrected chi connectivity index (χ0v) is 24.3. The molecular formula is C33H43N3O5. The molecule has 3 aromatic carbocycles. The van der Waals surface area contributed by atoms with E-state index >= 15 is 0 Å². The smallest absolute Gasteiger partial charge is 0.251 e. The largest absolute Gasteiger partial charge is 0.493 e. The zero-order valence-electron chi connectivity index (χ0n) is 24.3. The Bertz CT molecular complexity index is 1300. The second-order valence-corrected chi connectivity index (χ2v) is 10.9. The lowest BCUT2D eigenvalue weighted by molar-refractivity contribution is 0.0829. The number of amides is 1. The standard InChI is InChI=1S/C33H43N3O5/c1-22(2)26-8-6-7-24(13-26)19-34-20-30(38)29-16-23-9-10-31(40-3)32(17-23)41-12-5-4-11-35-28-15-25(21-37)14-27(18-28)33(39)36-29/h6-10,13-15,17-18,22,29-30,34-35,37-38H,4-5,11-12,16,19-21H2,1-3H3,(H,36,39)/t29-,30+/m0/s1. The number of nitrogens with one attached hydrogen (secondary N) is 3. The molecule has 3 aromatic rings. The number of anilines is 1. The number of carbonyl (C=O) groups excluding carboxylic acids is 1. The average molecular weight is 562 g/mol. The molecule has 0 saturated carbocycles. The molecule has 0 saturated heterocycles. The lowest BCUT2D eigenvalue weighted by Gasteiger charge is -2.26. The first kappa shape index (κ1) is 30.4. The fourth-order valence-corrected chi connectivity index (χ4v) is 4.98. The summed E-state index contributed by atoms with van der Waals surface area (Å²) in [5.74, 6) is 1.41. The molecule has 1 aliphatic rings. The van der Waals surface area contributed by atoms with Crippen LogP contribution in [0.25, 0.3) is 0 Å². The van der Waals surface area contributed by atoms with Crippen molar-refractivity contribution in [2.24, 2.45) is 0 Å². The Hall–Kier alpha value is -3.59. The third kappa shape index (κ3) is 8.70. The maximum absolute atomic E-state index is 13.5. The van der Waals surface area contributed by atoms with Crippen molar-refractivity contribution < 1.29 is 24.5 Å². The van der Waals surface area contributed by atoms with Crippen LogP contribution in [-0.4, -0.2) is 55.1 Å². The molecule has 4 bridgehead atoms. The van der Waals surface area contributed by atoms with Crippen molar-refractivity contribution in [2.45, 2.75) is 64.3 Å². The molecule has 220 valence electrons. The summed E-state index contributed by atoms with van der Waals surface area (Å²) in [6.07, 6.45) is 1.23. The summed E-state index contributed by atoms with van der Waals surface area (Å²) in [6.45, 7) is 6.29. The fraction of sp³-hybridized carbons (Fsp3) is 0.424. The van der Waals surface area contributed by atoms with Gasteiger partial charge in [-0.25, -0.2) is 0 Å². The minimum absolute atomic E-state index is 0.174. The Morgan fingerprint density at radius 2 is 1.93 bits per heavy atom. The number of hydrogen-bond donors (Lipinski definition) is 5. The number of ether oxygens (including phenoxy) is 2. The predicted molar refractivity (Wildman–Crippen MR) is 162 cm³/mol. The van der Waals surface area contributed by atoms with Crippen molar-refractivity contribution >= 4 is 11.6 Å². The van der Waals surface area contributed by atoms with Crippen LogP contribution in [0.4, 0.5) is 5.69 Å². The van der Waals surface area contributed by atoms with E-state index in [2.05, 4.69) is 54.1 Å². The maximum Gasteiger partial charge on any atom is 0.251 e. The summed E-state index contributed by atoms with van der Waals surface area (Å²) >= 11 is 0. The normalized spacial score (nSPS) is 16.8. The van der Waals surface area contributed by atoms with Gasteiger partial charge in [0.05, 0.1) is 32.5 Å². The van der Waals surface area contributed by atoms with Gasteiger partial charge < -0.3 is 35.6 Å². The van der Waals surface area contributed by atoms with Crippen LogP contribution in [-0.2, 0) is 19.6 Å². The van der Waals surface area contributed by atoms with Gasteiger partial charge in [0.25, 0.3) is 5.91 Å². The van der Waals surface area contributed by atoms with Crippen molar-refractivity contribution in [3.63, 3.8) is 0 Å². The highest BCUT2D eigenvalue weighted by atomic mass is 16.5. The zero-order chi connectivity index (χ0) is 29.2. The lowest BCUT2D eigenvalue weighted by Crippen LogP contribution is -2.48. The molecule has 41 heavy (non-hydrogen) atoms. The number of methoxy groups -OCH3 is 1. The predicted octanol–water partition coefficient (Wildman–Crippen LogP) is 4.39. The van der Waals surface area contributed by atoms with Crippen LogP contribution in [0, 0.1) is 0 Å². The summed E-state index contributed by atoms with van der Waals surface area (Å²) in [7, 11) is 1.61. The number of hydrogen-bond acceptors (Lipinski definition) is 7. The lowest BCUT2D eigenvalue weighted by atomic mass is 9.99. The van der Waals surface area contributed by atoms with Crippen LogP contribution < -0.4 is 25.4 Å². The Morgan fingerprint density at radius 1 is 1.07 bits per heavy atom. The van der Waals surface area contributed by atoms with E-state index in [0.717, 1.165) is 29.7 Å². The number of fused-ring (bicyclic) bond motifs is 4. The topological polar surface area (TPSA) is 112 Å². The van der Waals surface area contributed by atoms with E-state index in [1.807, 2.05) is 24.3 Å². The average Bonchev–Trinajstić information content (AvgIpc) is 2.98. The van der Waals surface area contributed by atoms with Gasteiger partial charge in [-0.1, -0.05) is 44.2 Å². The molecule has 0 aromatic heterocycles. The van der Waals surface area contributed by atoms with Gasteiger partial charge in [0.15, 0.2) is 11.5 Å². The van der Waals surface area contributed by atoms with Crippen LogP contribution in [0.1, 0.15) is 65.2 Å². The van der Waals surface area contributed by atoms with Crippen molar-refractivity contribution in [1.29, 1.82) is 0 Å². The number of aliphatic hydroxyl groups excluding tert-OH is 2. The van der Waals surface area contributed by atoms with Crippen LogP contribution in [0.5, 0.6) is 11.5 Å². The van der Waals surface area contributed by atoms with Gasteiger partial charge in [-0.2, -0.15) is 0 Å². The van der Waals surface area contributed by atoms with E-state index in [9.17, 15) is 15.0 Å². The molecule has 0 fully saturated rings. The Balaban J connectivity index is 1.56. The summed E-state index contributed by atoms with van der Waals surface area (Å²) in [4.78, 5) is 13.5. The van der Waals surface area contributed by atoms with Crippen molar-refractivity contribution in [3.8, 4) is 11.5 Å². The van der Waals surface area contributed by atoms with Crippen LogP contribution in [0.15, 0.2) is 60.7 Å². The van der Waals surface area contributed by atoms with Gasteiger partial charge in [-0.05, 0) is 77.8 Å². The van der Waals surface area contributed by atoms with Crippen molar-refractivity contribution in [3.05, 3.63) is 88.5 Å². The first-order valence-corrected chi connectivity index (χ1v) is 14.4. The number of carbonyl (C=O) groups is 1. The second-order valence-electron chi connectivity index (χ2n) is 10.9. The molecule has 1 aliphatic heterocycles. The molecule has 0 radical (unpaired) electrons. The van der Waals surface area contributed by atoms with Gasteiger partial charge >= 0.3 is 0 Å². The highest BCUT2D eigenvalue weighted by Crippen LogP contribution is 2.29. The van der Waals surface area contributed by atoms with Crippen molar-refractivity contribution in [2.75, 3.05) is 32.1 Å². The summed E-state index contributed by atoms with van der Waals surface area (Å²) in [5.41, 5.74) is 5.17. The van der Waals surface area contributed by atoms with Gasteiger partial charge in [-0.15, -0.1) is 0 Å². The second kappa shape index (κ2) is 14.9. The van der Waals surface area contributed by atoms with Gasteiger partial charge in [0.1, 0.15) is 0 Å². The van der Waals surface area contributed by atoms with Crippen LogP contribution in [0.3, 0.4) is 0 Å². The third-order valence-corrected chi connectivity index (χ3v) is 7.36. The molecule has 2 atom stereocenters. The van der Waals surface area contributed by atoms with E-state index in [1.54, 1.807) is 19.2 Å². The molecule has 4 rings (SSSR count). The SMILES string of the molecule is COc1ccc2cc1OCCCCNc1cc(CO)cc(c1)C(=O)N[C@H]([C@H](O)CNCc1cccc(C(C)C)c1)C2. The molecule has 1 heterocycles. The van der Waals surface area contributed by atoms with Crippen LogP contribution in [0.2, 0.25) is 0 Å². The fourth-order valence-electron chi connectivity index (χ4n) is 4.98. The highest BCUT2D eigenvalue weighted by molar-refractivity contribution is 5.95. The van der Waals surface area contributed by atoms with E-state index in [1.165, 1.54) is 5.56 Å². The van der Waals surface area contributed by atoms with E-state index < -0.39 is 12.1 Å². The minimum Gasteiger partial charge on any atom is -0.493 e. The number of benzene rings is 3. The van der Waals surface area contributed by atoms with Gasteiger partial charge in [-0.3, -0.25) is 4.79 Å². The molecular weight excluding hydrogens is 518 g/mol. The number of rotatable bonds is 8. The Labute approximate surface area is 243 Å². The van der Waals surface area contributed by atoms with E-state index in [4.69, 9.17) is 9.47 Å². The highest BCUT2D eigenvalue weighted by Gasteiger charge is 2.24. The Morgan fingerprint density at radius 3 is 2.71 bits per heavy atom. The molecule has 1 amide bonds. The first-order chi connectivity index (χ1) is 19.9. The quantitative estimate of drug-likeness (QED) is 0.277. The maximum atomic E-state index is 13.5. The Kier molecular flexibility index (Phi) is 11.0. The minimum atomic E-state index is -0.865. The third-order valence-electron chi connectivity index (χ3n) is 7.36. The van der Waals surface area contributed by atoms with Gasteiger partial charge in [0, 0.05) is 30.9 Å². The number of aliphatic hydroxyl groups is 2. The molecule has 8 nitrogen and oxygen atoms in total. The van der Waals surface area contributed by atoms with Crippen molar-refractivity contribution in [1.82, 2.24) is 10.6 Å². The van der Waals surface area contributed by atoms with Crippen LogP contribution >= 0.6 is 0 Å². The molecule has 0 aliphatic carbocycles. The summed E-state index contributed by atoms with van der Waals surface area (Å²) in [6, 6.07) is 18.9. The molecule has 0 unspecified atom stereocenters. The summed E-state index contributed by atoms with van der Waals surface area (Å²) in [5, 5.41) is 30.9. The van der Waals surface area contributed by atoms with Gasteiger partial charge in [0.2, 0.25) is 0 Å². The van der Waals surface area contributed by atoms with E-state index in [0.29, 0.717) is 61.2 Å².